The Morgan fingerprint density at radius 3 is 2.85 bits per heavy atom. The zero-order chi connectivity index (χ0) is 18.9. The second-order valence-corrected chi connectivity index (χ2v) is 7.15. The summed E-state index contributed by atoms with van der Waals surface area (Å²) in [4.78, 5) is 15.4. The molecule has 2 aromatic rings. The molecule has 1 unspecified atom stereocenters. The van der Waals surface area contributed by atoms with Crippen LogP contribution in [0.3, 0.4) is 0 Å². The summed E-state index contributed by atoms with van der Waals surface area (Å²) in [6, 6.07) is 0. The third-order valence-corrected chi connectivity index (χ3v) is 5.33. The number of aliphatic imine (C=N–C) groups is 1. The SMILES string of the molecule is CN=C(NCCCCn1ccnc1C)N(C)Cc1csc(C(C)OC)n1.I. The van der Waals surface area contributed by atoms with Crippen LogP contribution in [0.25, 0.3) is 0 Å². The predicted molar refractivity (Wildman–Crippen MR) is 122 cm³/mol. The number of unbranched alkanes of at least 4 members (excludes halogenated alkanes) is 1. The van der Waals surface area contributed by atoms with E-state index in [1.165, 1.54) is 0 Å². The molecule has 1 N–H and O–H groups in total. The molecule has 0 aliphatic heterocycles. The molecule has 7 nitrogen and oxygen atoms in total. The third-order valence-electron chi connectivity index (χ3n) is 4.28. The fourth-order valence-corrected chi connectivity index (χ4v) is 3.47. The molecule has 0 fully saturated rings. The van der Waals surface area contributed by atoms with Crippen LogP contribution in [-0.4, -0.2) is 53.1 Å². The van der Waals surface area contributed by atoms with Gasteiger partial charge < -0.3 is 19.5 Å². The quantitative estimate of drug-likeness (QED) is 0.244. The summed E-state index contributed by atoms with van der Waals surface area (Å²) in [5, 5.41) is 6.52. The molecule has 0 saturated carbocycles. The van der Waals surface area contributed by atoms with Crippen LogP contribution in [0.2, 0.25) is 0 Å². The van der Waals surface area contributed by atoms with Crippen molar-refractivity contribution < 1.29 is 4.74 Å². The standard InChI is InChI=1S/C18H30N6OS.HI/c1-14(25-5)17-22-16(13-26-17)12-23(4)18(19-3)21-8-6-7-10-24-11-9-20-15(24)2;/h9,11,13-14H,6-8,10,12H2,1-5H3,(H,19,21);1H. The van der Waals surface area contributed by atoms with E-state index < -0.39 is 0 Å². The molecule has 1 atom stereocenters. The van der Waals surface area contributed by atoms with Gasteiger partial charge in [0.15, 0.2) is 5.96 Å². The molecule has 0 bridgehead atoms. The number of nitrogens with zero attached hydrogens (tertiary/aromatic N) is 5. The monoisotopic (exact) mass is 506 g/mol. The fourth-order valence-electron chi connectivity index (χ4n) is 2.63. The molecule has 0 amide bonds. The Hall–Kier alpha value is -1.20. The maximum atomic E-state index is 5.33. The van der Waals surface area contributed by atoms with Crippen molar-refractivity contribution in [3.63, 3.8) is 0 Å². The summed E-state index contributed by atoms with van der Waals surface area (Å²) in [6.45, 7) is 6.67. The lowest BCUT2D eigenvalue weighted by Gasteiger charge is -2.21. The van der Waals surface area contributed by atoms with E-state index in [4.69, 9.17) is 4.74 Å². The van der Waals surface area contributed by atoms with Crippen molar-refractivity contribution in [2.24, 2.45) is 4.99 Å². The Morgan fingerprint density at radius 1 is 1.44 bits per heavy atom. The van der Waals surface area contributed by atoms with Crippen LogP contribution in [0.1, 0.15) is 42.4 Å². The van der Waals surface area contributed by atoms with E-state index in [-0.39, 0.29) is 30.1 Å². The normalized spacial score (nSPS) is 12.6. The summed E-state index contributed by atoms with van der Waals surface area (Å²) in [5.41, 5.74) is 1.04. The fraction of sp³-hybridized carbons (Fsp3) is 0.611. The van der Waals surface area contributed by atoms with Crippen LogP contribution in [-0.2, 0) is 17.8 Å². The lowest BCUT2D eigenvalue weighted by Crippen LogP contribution is -2.39. The Labute approximate surface area is 183 Å². The number of rotatable bonds is 9. The van der Waals surface area contributed by atoms with Crippen LogP contribution in [0.15, 0.2) is 22.8 Å². The second kappa shape index (κ2) is 12.3. The summed E-state index contributed by atoms with van der Waals surface area (Å²) < 4.78 is 7.51. The molecule has 0 aliphatic rings. The van der Waals surface area contributed by atoms with Gasteiger partial charge in [0.2, 0.25) is 0 Å². The van der Waals surface area contributed by atoms with Gasteiger partial charge in [-0.25, -0.2) is 9.97 Å². The number of hydrogen-bond donors (Lipinski definition) is 1. The number of thiazole rings is 1. The van der Waals surface area contributed by atoms with Crippen LogP contribution in [0.4, 0.5) is 0 Å². The Kier molecular flexibility index (Phi) is 10.9. The van der Waals surface area contributed by atoms with Gasteiger partial charge in [-0.3, -0.25) is 4.99 Å². The van der Waals surface area contributed by atoms with Crippen molar-refractivity contribution in [1.82, 2.24) is 24.8 Å². The highest BCUT2D eigenvalue weighted by molar-refractivity contribution is 14.0. The highest BCUT2D eigenvalue weighted by Gasteiger charge is 2.12. The number of aryl methyl sites for hydroxylation is 2. The molecular weight excluding hydrogens is 475 g/mol. The third kappa shape index (κ3) is 7.38. The molecule has 2 heterocycles. The molecule has 152 valence electrons. The number of halogens is 1. The van der Waals surface area contributed by atoms with Crippen molar-refractivity contribution >= 4 is 41.3 Å². The predicted octanol–water partition coefficient (Wildman–Crippen LogP) is 3.46. The Bertz CT molecular complexity index is 702. The van der Waals surface area contributed by atoms with E-state index in [9.17, 15) is 0 Å². The van der Waals surface area contributed by atoms with E-state index in [1.807, 2.05) is 40.3 Å². The minimum Gasteiger partial charge on any atom is -0.375 e. The smallest absolute Gasteiger partial charge is 0.193 e. The number of aromatic nitrogens is 3. The Balaban J connectivity index is 0.00000364. The minimum atomic E-state index is 0. The van der Waals surface area contributed by atoms with Crippen molar-refractivity contribution in [2.75, 3.05) is 27.7 Å². The first-order chi connectivity index (χ1) is 12.5. The highest BCUT2D eigenvalue weighted by Crippen LogP contribution is 2.20. The van der Waals surface area contributed by atoms with Gasteiger partial charge in [-0.15, -0.1) is 35.3 Å². The van der Waals surface area contributed by atoms with Crippen molar-refractivity contribution in [1.29, 1.82) is 0 Å². The molecule has 2 aromatic heterocycles. The topological polar surface area (TPSA) is 67.6 Å². The van der Waals surface area contributed by atoms with Crippen molar-refractivity contribution in [3.05, 3.63) is 34.3 Å². The van der Waals surface area contributed by atoms with Gasteiger partial charge in [0.1, 0.15) is 16.9 Å². The lowest BCUT2D eigenvalue weighted by molar-refractivity contribution is 0.119. The molecule has 0 aromatic carbocycles. The first-order valence-corrected chi connectivity index (χ1v) is 9.79. The van der Waals surface area contributed by atoms with E-state index in [0.717, 1.165) is 55.0 Å². The molecule has 9 heteroatoms. The van der Waals surface area contributed by atoms with Gasteiger partial charge in [-0.1, -0.05) is 0 Å². The largest absolute Gasteiger partial charge is 0.375 e. The molecule has 0 radical (unpaired) electrons. The van der Waals surface area contributed by atoms with Crippen molar-refractivity contribution in [3.8, 4) is 0 Å². The van der Waals surface area contributed by atoms with Gasteiger partial charge >= 0.3 is 0 Å². The van der Waals surface area contributed by atoms with Crippen LogP contribution in [0, 0.1) is 6.92 Å². The lowest BCUT2D eigenvalue weighted by atomic mass is 10.3. The van der Waals surface area contributed by atoms with Crippen LogP contribution < -0.4 is 5.32 Å². The summed E-state index contributed by atoms with van der Waals surface area (Å²) >= 11 is 1.64. The van der Waals surface area contributed by atoms with Gasteiger partial charge in [-0.2, -0.15) is 0 Å². The average Bonchev–Trinajstić information content (AvgIpc) is 3.26. The number of imidazole rings is 1. The Morgan fingerprint density at radius 2 is 2.22 bits per heavy atom. The van der Waals surface area contributed by atoms with E-state index in [1.54, 1.807) is 18.4 Å². The molecule has 0 spiro atoms. The van der Waals surface area contributed by atoms with E-state index >= 15 is 0 Å². The van der Waals surface area contributed by atoms with E-state index in [0.29, 0.717) is 0 Å². The molecular formula is C18H31IN6OS. The number of nitrogens with one attached hydrogen (secondary N) is 1. The van der Waals surface area contributed by atoms with E-state index in [2.05, 4.69) is 35.1 Å². The highest BCUT2D eigenvalue weighted by atomic mass is 127. The first-order valence-electron chi connectivity index (χ1n) is 8.91. The minimum absolute atomic E-state index is 0. The molecule has 0 saturated heterocycles. The van der Waals surface area contributed by atoms with Crippen molar-refractivity contribution in [2.45, 2.75) is 45.9 Å². The summed E-state index contributed by atoms with van der Waals surface area (Å²) in [7, 11) is 5.55. The number of methoxy groups -OCH3 is 1. The number of hydrogen-bond acceptors (Lipinski definition) is 5. The first kappa shape index (κ1) is 23.8. The average molecular weight is 506 g/mol. The van der Waals surface area contributed by atoms with Gasteiger partial charge in [-0.05, 0) is 26.7 Å². The number of guanidine groups is 1. The molecule has 27 heavy (non-hydrogen) atoms. The molecule has 2 rings (SSSR count). The van der Waals surface area contributed by atoms with Gasteiger partial charge in [0, 0.05) is 52.1 Å². The van der Waals surface area contributed by atoms with Gasteiger partial charge in [0.25, 0.3) is 0 Å². The molecule has 0 aliphatic carbocycles. The number of ether oxygens (including phenoxy) is 1. The summed E-state index contributed by atoms with van der Waals surface area (Å²) in [6.07, 6.45) is 6.10. The zero-order valence-corrected chi connectivity index (χ0v) is 20.0. The maximum Gasteiger partial charge on any atom is 0.193 e. The van der Waals surface area contributed by atoms with Crippen LogP contribution >= 0.6 is 35.3 Å². The second-order valence-electron chi connectivity index (χ2n) is 6.26. The summed E-state index contributed by atoms with van der Waals surface area (Å²) in [5.74, 6) is 1.96. The maximum absolute atomic E-state index is 5.33. The van der Waals surface area contributed by atoms with Crippen LogP contribution in [0.5, 0.6) is 0 Å². The van der Waals surface area contributed by atoms with Gasteiger partial charge in [0.05, 0.1) is 12.2 Å². The zero-order valence-electron chi connectivity index (χ0n) is 16.8.